The zero-order chi connectivity index (χ0) is 53.7. The summed E-state index contributed by atoms with van der Waals surface area (Å²) in [6, 6.07) is 64.4. The normalized spacial score (nSPS) is 13.8. The first-order valence-electron chi connectivity index (χ1n) is 25.6. The van der Waals surface area contributed by atoms with Crippen LogP contribution in [0.5, 0.6) is 51.7 Å². The van der Waals surface area contributed by atoms with Crippen LogP contribution >= 0.6 is 0 Å². The lowest BCUT2D eigenvalue weighted by atomic mass is 9.78. The van der Waals surface area contributed by atoms with Crippen molar-refractivity contribution in [2.24, 2.45) is 0 Å². The molecule has 78 heavy (non-hydrogen) atoms. The lowest BCUT2D eigenvalue weighted by Crippen LogP contribution is -2.31. The summed E-state index contributed by atoms with van der Waals surface area (Å²) in [5.41, 5.74) is 7.45. The van der Waals surface area contributed by atoms with Crippen LogP contribution in [0, 0.1) is 0 Å². The minimum Gasteiger partial charge on any atom is -0.473 e. The van der Waals surface area contributed by atoms with E-state index in [1.807, 2.05) is 103 Å². The molecule has 0 aliphatic carbocycles. The fourth-order valence-electron chi connectivity index (χ4n) is 10.1. The Morgan fingerprint density at radius 3 is 1.26 bits per heavy atom. The number of carbonyl (C=O) groups is 4. The van der Waals surface area contributed by atoms with Crippen LogP contribution in [0.25, 0.3) is 0 Å². The van der Waals surface area contributed by atoms with Crippen molar-refractivity contribution in [3.63, 3.8) is 0 Å². The number of para-hydroxylation sites is 1. The standard InChI is InChI=1S/C66H51N3O9/c1-65(2,42-9-21-48(22-10-42)75-52-29-17-46(18-30-52)68-39-41-7-5-6-8-60(41)74-40-68)43-11-23-49(24-12-43)76-53-31-19-47(20-32-53)69-63(72)57-36-34-55(38-59(57)64(69)73)78-51-27-15-45(16-28-51)66(3,4)44-13-25-50(26-14-44)77-54-33-35-56-58(37-54)62(71)67-61(56)70/h5-38H,39-40H2,1-4H3,(H,67,70,71). The predicted octanol–water partition coefficient (Wildman–Crippen LogP) is 14.5. The molecule has 0 bridgehead atoms. The molecule has 0 unspecified atom stereocenters. The fraction of sp³-hybridized carbons (Fsp3) is 0.121. The first-order valence-corrected chi connectivity index (χ1v) is 25.6. The highest BCUT2D eigenvalue weighted by atomic mass is 16.5. The number of ether oxygens (including phenoxy) is 5. The van der Waals surface area contributed by atoms with Gasteiger partial charge in [-0.1, -0.05) is 94.4 Å². The van der Waals surface area contributed by atoms with Crippen molar-refractivity contribution in [2.75, 3.05) is 16.5 Å². The Morgan fingerprint density at radius 1 is 0.397 bits per heavy atom. The summed E-state index contributed by atoms with van der Waals surface area (Å²) in [5, 5.41) is 2.29. The van der Waals surface area contributed by atoms with Crippen molar-refractivity contribution in [3.8, 4) is 51.7 Å². The van der Waals surface area contributed by atoms with E-state index in [0.29, 0.717) is 63.6 Å². The minimum atomic E-state index is -0.444. The first-order chi connectivity index (χ1) is 37.7. The minimum absolute atomic E-state index is 0.254. The number of carbonyl (C=O) groups excluding carboxylic acids is 4. The highest BCUT2D eigenvalue weighted by molar-refractivity contribution is 6.34. The number of nitrogens with one attached hydrogen (secondary N) is 1. The summed E-state index contributed by atoms with van der Waals surface area (Å²) >= 11 is 0. The maximum absolute atomic E-state index is 13.8. The number of hydrogen-bond donors (Lipinski definition) is 1. The van der Waals surface area contributed by atoms with E-state index in [2.05, 4.69) is 80.4 Å². The zero-order valence-electron chi connectivity index (χ0n) is 43.1. The van der Waals surface area contributed by atoms with Crippen LogP contribution in [0.2, 0.25) is 0 Å². The van der Waals surface area contributed by atoms with Gasteiger partial charge in [-0.15, -0.1) is 0 Å². The second-order valence-electron chi connectivity index (χ2n) is 20.5. The smallest absolute Gasteiger partial charge is 0.266 e. The van der Waals surface area contributed by atoms with Gasteiger partial charge in [0.2, 0.25) is 0 Å². The molecule has 12 heteroatoms. The molecule has 9 aromatic rings. The molecule has 4 amide bonds. The molecular weight excluding hydrogens is 979 g/mol. The van der Waals surface area contributed by atoms with Gasteiger partial charge in [0, 0.05) is 28.6 Å². The van der Waals surface area contributed by atoms with Crippen LogP contribution in [0.1, 0.15) is 96.9 Å². The predicted molar refractivity (Wildman–Crippen MR) is 297 cm³/mol. The van der Waals surface area contributed by atoms with Crippen molar-refractivity contribution < 1.29 is 42.9 Å². The van der Waals surface area contributed by atoms with Crippen molar-refractivity contribution in [1.29, 1.82) is 0 Å². The van der Waals surface area contributed by atoms with Gasteiger partial charge in [-0.05, 0) is 162 Å². The van der Waals surface area contributed by atoms with Crippen molar-refractivity contribution >= 4 is 35.0 Å². The average molecular weight is 1030 g/mol. The second kappa shape index (κ2) is 19.6. The van der Waals surface area contributed by atoms with Crippen LogP contribution in [0.15, 0.2) is 206 Å². The first kappa shape index (κ1) is 49.0. The molecule has 3 aliphatic rings. The fourth-order valence-corrected chi connectivity index (χ4v) is 10.1. The van der Waals surface area contributed by atoms with Crippen LogP contribution in [-0.2, 0) is 17.4 Å². The van der Waals surface area contributed by atoms with E-state index in [0.717, 1.165) is 51.7 Å². The molecule has 0 fully saturated rings. The number of nitrogens with zero attached hydrogens (tertiary/aromatic N) is 2. The van der Waals surface area contributed by atoms with E-state index < -0.39 is 23.6 Å². The molecule has 384 valence electrons. The Hall–Kier alpha value is -9.94. The molecule has 0 saturated heterocycles. The molecule has 12 nitrogen and oxygen atoms in total. The maximum atomic E-state index is 13.8. The number of amides is 4. The number of hydrogen-bond acceptors (Lipinski definition) is 10. The lowest BCUT2D eigenvalue weighted by molar-refractivity contribution is 0.0874. The molecule has 12 rings (SSSR count). The van der Waals surface area contributed by atoms with E-state index >= 15 is 0 Å². The summed E-state index contributed by atoms with van der Waals surface area (Å²) in [4.78, 5) is 54.9. The highest BCUT2D eigenvalue weighted by Crippen LogP contribution is 2.39. The van der Waals surface area contributed by atoms with Gasteiger partial charge in [0.05, 0.1) is 27.9 Å². The second-order valence-corrected chi connectivity index (χ2v) is 20.5. The van der Waals surface area contributed by atoms with Crippen molar-refractivity contribution in [2.45, 2.75) is 45.1 Å². The largest absolute Gasteiger partial charge is 0.473 e. The van der Waals surface area contributed by atoms with Gasteiger partial charge in [-0.3, -0.25) is 24.5 Å². The number of rotatable bonds is 14. The zero-order valence-corrected chi connectivity index (χ0v) is 43.1. The highest BCUT2D eigenvalue weighted by Gasteiger charge is 2.37. The van der Waals surface area contributed by atoms with Crippen LogP contribution in [-0.4, -0.2) is 30.4 Å². The number of fused-ring (bicyclic) bond motifs is 3. The molecule has 0 aromatic heterocycles. The average Bonchev–Trinajstić information content (AvgIpc) is 3.94. The number of imide groups is 2. The third-order valence-electron chi connectivity index (χ3n) is 14.8. The molecular formula is C66H51N3O9. The van der Waals surface area contributed by atoms with E-state index in [9.17, 15) is 19.2 Å². The molecule has 1 N–H and O–H groups in total. The van der Waals surface area contributed by atoms with Crippen molar-refractivity contribution in [1.82, 2.24) is 5.32 Å². The van der Waals surface area contributed by atoms with Crippen molar-refractivity contribution in [3.05, 3.63) is 256 Å². The molecule has 3 aliphatic heterocycles. The molecule has 3 heterocycles. The van der Waals surface area contributed by atoms with E-state index in [1.165, 1.54) is 10.5 Å². The van der Waals surface area contributed by atoms with Crippen LogP contribution in [0.4, 0.5) is 11.4 Å². The third kappa shape index (κ3) is 9.45. The summed E-state index contributed by atoms with van der Waals surface area (Å²) in [5.74, 6) is 3.96. The van der Waals surface area contributed by atoms with Gasteiger partial charge >= 0.3 is 0 Å². The topological polar surface area (TPSA) is 133 Å². The Balaban J connectivity index is 0.636. The quantitative estimate of drug-likeness (QED) is 0.105. The van der Waals surface area contributed by atoms with Gasteiger partial charge < -0.3 is 28.6 Å². The van der Waals surface area contributed by atoms with Gasteiger partial charge in [0.15, 0.2) is 6.73 Å². The summed E-state index contributed by atoms with van der Waals surface area (Å²) in [6.07, 6.45) is 0. The number of benzene rings is 9. The van der Waals surface area contributed by atoms with Gasteiger partial charge in [0.1, 0.15) is 51.7 Å². The molecule has 0 saturated carbocycles. The van der Waals surface area contributed by atoms with E-state index in [-0.39, 0.29) is 16.4 Å². The lowest BCUT2D eigenvalue weighted by Gasteiger charge is -2.30. The van der Waals surface area contributed by atoms with Gasteiger partial charge in [-0.25, -0.2) is 4.90 Å². The SMILES string of the molecule is CC(C)(c1ccc(Oc2ccc(N3COc4ccccc4C3)cc2)cc1)c1ccc(Oc2ccc(N3C(=O)c4ccc(Oc5ccc(C(C)(C)c6ccc(Oc7ccc8c(c7)C(=O)NC8=O)cc6)cc5)cc4C3=O)cc2)cc1. The monoisotopic (exact) mass is 1030 g/mol. The molecule has 9 aromatic carbocycles. The van der Waals surface area contributed by atoms with Gasteiger partial charge in [-0.2, -0.15) is 0 Å². The summed E-state index contributed by atoms with van der Waals surface area (Å²) < 4.78 is 30.6. The third-order valence-corrected chi connectivity index (χ3v) is 14.8. The van der Waals surface area contributed by atoms with E-state index in [4.69, 9.17) is 23.7 Å². The Kier molecular flexibility index (Phi) is 12.3. The van der Waals surface area contributed by atoms with Crippen LogP contribution in [0.3, 0.4) is 0 Å². The Labute approximate surface area is 451 Å². The molecule has 0 radical (unpaired) electrons. The molecule has 0 atom stereocenters. The molecule has 0 spiro atoms. The Morgan fingerprint density at radius 2 is 0.769 bits per heavy atom. The Bertz CT molecular complexity index is 3800. The van der Waals surface area contributed by atoms with Gasteiger partial charge in [0.25, 0.3) is 23.6 Å². The van der Waals surface area contributed by atoms with E-state index in [1.54, 1.807) is 60.7 Å². The summed E-state index contributed by atoms with van der Waals surface area (Å²) in [6.45, 7) is 9.89. The maximum Gasteiger partial charge on any atom is 0.266 e. The van der Waals surface area contributed by atoms with Crippen LogP contribution < -0.4 is 38.8 Å². The summed E-state index contributed by atoms with van der Waals surface area (Å²) in [7, 11) is 0. The number of anilines is 2.